The Balaban J connectivity index is 2.32. The molecule has 1 N–H and O–H groups in total. The maximum absolute atomic E-state index is 3.70. The Bertz CT molecular complexity index is 148. The average molecular weight is 151 g/mol. The van der Waals surface area contributed by atoms with Crippen molar-refractivity contribution in [3.63, 3.8) is 0 Å². The normalized spacial score (nSPS) is 28.8. The molecule has 1 fully saturated rings. The minimum absolute atomic E-state index is 0.705. The van der Waals surface area contributed by atoms with E-state index in [9.17, 15) is 0 Å². The van der Waals surface area contributed by atoms with Gasteiger partial charge >= 0.3 is 0 Å². The van der Waals surface area contributed by atoms with Gasteiger partial charge in [0, 0.05) is 12.6 Å². The lowest BCUT2D eigenvalue weighted by atomic mass is 10.0. The van der Waals surface area contributed by atoms with Crippen LogP contribution in [0, 0.1) is 0 Å². The van der Waals surface area contributed by atoms with Crippen molar-refractivity contribution in [2.75, 3.05) is 6.54 Å². The molecule has 0 aromatic carbocycles. The van der Waals surface area contributed by atoms with Gasteiger partial charge in [-0.3, -0.25) is 0 Å². The van der Waals surface area contributed by atoms with Gasteiger partial charge in [0.2, 0.25) is 0 Å². The second kappa shape index (κ2) is 4.35. The van der Waals surface area contributed by atoms with Crippen LogP contribution < -0.4 is 5.32 Å². The Morgan fingerprint density at radius 3 is 3.09 bits per heavy atom. The van der Waals surface area contributed by atoms with Crippen LogP contribution in [0.3, 0.4) is 0 Å². The summed E-state index contributed by atoms with van der Waals surface area (Å²) in [5.74, 6) is 0. The maximum atomic E-state index is 3.70. The first kappa shape index (κ1) is 8.54. The SMILES string of the molecule is C=CC/C=C1/CCC(C)NC1. The summed E-state index contributed by atoms with van der Waals surface area (Å²) in [5.41, 5.74) is 1.54. The molecule has 0 bridgehead atoms. The standard InChI is InChI=1S/C10H17N/c1-3-4-5-10-7-6-9(2)11-8-10/h3,5,9,11H,1,4,6-8H2,2H3/b10-5-. The van der Waals surface area contributed by atoms with E-state index in [0.717, 1.165) is 13.0 Å². The van der Waals surface area contributed by atoms with E-state index in [0.29, 0.717) is 6.04 Å². The molecule has 0 aliphatic carbocycles. The van der Waals surface area contributed by atoms with Crippen LogP contribution in [0.15, 0.2) is 24.3 Å². The van der Waals surface area contributed by atoms with Crippen LogP contribution in [0.25, 0.3) is 0 Å². The Labute approximate surface area is 69.2 Å². The van der Waals surface area contributed by atoms with Gasteiger partial charge < -0.3 is 5.32 Å². The van der Waals surface area contributed by atoms with Crippen LogP contribution in [0.5, 0.6) is 0 Å². The molecule has 1 nitrogen and oxygen atoms in total. The first-order valence-electron chi connectivity index (χ1n) is 4.35. The molecule has 0 saturated carbocycles. The Kier molecular flexibility index (Phi) is 3.37. The van der Waals surface area contributed by atoms with Crippen LogP contribution in [0.1, 0.15) is 26.2 Å². The Morgan fingerprint density at radius 1 is 1.73 bits per heavy atom. The molecular weight excluding hydrogens is 134 g/mol. The van der Waals surface area contributed by atoms with Crippen molar-refractivity contribution >= 4 is 0 Å². The number of hydrogen-bond donors (Lipinski definition) is 1. The summed E-state index contributed by atoms with van der Waals surface area (Å²) >= 11 is 0. The second-order valence-electron chi connectivity index (χ2n) is 3.21. The third-order valence-electron chi connectivity index (χ3n) is 2.15. The number of allylic oxidation sites excluding steroid dienone is 2. The minimum Gasteiger partial charge on any atom is -0.311 e. The Hall–Kier alpha value is -0.560. The lowest BCUT2D eigenvalue weighted by Gasteiger charge is -2.21. The number of hydrogen-bond acceptors (Lipinski definition) is 1. The summed E-state index contributed by atoms with van der Waals surface area (Å²) < 4.78 is 0. The van der Waals surface area contributed by atoms with E-state index < -0.39 is 0 Å². The highest BCUT2D eigenvalue weighted by atomic mass is 14.9. The summed E-state index contributed by atoms with van der Waals surface area (Å²) in [6, 6.07) is 0.705. The van der Waals surface area contributed by atoms with Crippen molar-refractivity contribution in [3.8, 4) is 0 Å². The molecular formula is C10H17N. The molecule has 1 unspecified atom stereocenters. The van der Waals surface area contributed by atoms with Crippen molar-refractivity contribution in [3.05, 3.63) is 24.3 Å². The zero-order valence-electron chi connectivity index (χ0n) is 7.27. The second-order valence-corrected chi connectivity index (χ2v) is 3.21. The van der Waals surface area contributed by atoms with E-state index in [4.69, 9.17) is 0 Å². The highest BCUT2D eigenvalue weighted by Gasteiger charge is 2.09. The zero-order chi connectivity index (χ0) is 8.10. The van der Waals surface area contributed by atoms with Gasteiger partial charge in [0.15, 0.2) is 0 Å². The van der Waals surface area contributed by atoms with Gasteiger partial charge in [-0.2, -0.15) is 0 Å². The largest absolute Gasteiger partial charge is 0.311 e. The number of rotatable bonds is 2. The third kappa shape index (κ3) is 2.89. The van der Waals surface area contributed by atoms with E-state index in [1.807, 2.05) is 6.08 Å². The van der Waals surface area contributed by atoms with Gasteiger partial charge in [-0.15, -0.1) is 6.58 Å². The first-order chi connectivity index (χ1) is 5.33. The van der Waals surface area contributed by atoms with Gasteiger partial charge in [0.05, 0.1) is 0 Å². The van der Waals surface area contributed by atoms with Crippen molar-refractivity contribution < 1.29 is 0 Å². The summed E-state index contributed by atoms with van der Waals surface area (Å²) in [6.45, 7) is 7.01. The van der Waals surface area contributed by atoms with Crippen LogP contribution in [0.4, 0.5) is 0 Å². The van der Waals surface area contributed by atoms with Crippen LogP contribution in [-0.4, -0.2) is 12.6 Å². The van der Waals surface area contributed by atoms with Gasteiger partial charge in [-0.1, -0.05) is 17.7 Å². The smallest absolute Gasteiger partial charge is 0.0167 e. The predicted octanol–water partition coefficient (Wildman–Crippen LogP) is 2.26. The molecule has 0 radical (unpaired) electrons. The molecule has 0 amide bonds. The average Bonchev–Trinajstić information content (AvgIpc) is 2.04. The molecule has 0 spiro atoms. The highest BCUT2D eigenvalue weighted by molar-refractivity contribution is 5.09. The fourth-order valence-electron chi connectivity index (χ4n) is 1.32. The quantitative estimate of drug-likeness (QED) is 0.597. The number of piperidine rings is 1. The molecule has 1 heteroatoms. The molecule has 62 valence electrons. The fraction of sp³-hybridized carbons (Fsp3) is 0.600. The summed E-state index contributed by atoms with van der Waals surface area (Å²) in [6.07, 6.45) is 7.80. The topological polar surface area (TPSA) is 12.0 Å². The monoisotopic (exact) mass is 151 g/mol. The van der Waals surface area contributed by atoms with E-state index in [-0.39, 0.29) is 0 Å². The predicted molar refractivity (Wildman–Crippen MR) is 49.6 cm³/mol. The summed E-state index contributed by atoms with van der Waals surface area (Å²) in [5, 5.41) is 3.44. The van der Waals surface area contributed by atoms with Gasteiger partial charge in [0.1, 0.15) is 0 Å². The van der Waals surface area contributed by atoms with Crippen LogP contribution in [-0.2, 0) is 0 Å². The van der Waals surface area contributed by atoms with Gasteiger partial charge in [0.25, 0.3) is 0 Å². The molecule has 1 rings (SSSR count). The van der Waals surface area contributed by atoms with Crippen molar-refractivity contribution in [2.24, 2.45) is 0 Å². The lowest BCUT2D eigenvalue weighted by molar-refractivity contribution is 0.486. The highest BCUT2D eigenvalue weighted by Crippen LogP contribution is 2.13. The molecule has 1 aliphatic rings. The number of nitrogens with one attached hydrogen (secondary N) is 1. The van der Waals surface area contributed by atoms with Gasteiger partial charge in [-0.05, 0) is 26.2 Å². The molecule has 1 heterocycles. The zero-order valence-corrected chi connectivity index (χ0v) is 7.27. The molecule has 1 atom stereocenters. The first-order valence-corrected chi connectivity index (χ1v) is 4.35. The minimum atomic E-state index is 0.705. The van der Waals surface area contributed by atoms with E-state index in [1.165, 1.54) is 12.8 Å². The Morgan fingerprint density at radius 2 is 2.55 bits per heavy atom. The molecule has 0 aromatic rings. The van der Waals surface area contributed by atoms with Gasteiger partial charge in [-0.25, -0.2) is 0 Å². The summed E-state index contributed by atoms with van der Waals surface area (Å²) in [4.78, 5) is 0. The van der Waals surface area contributed by atoms with E-state index in [2.05, 4.69) is 24.9 Å². The molecule has 1 aliphatic heterocycles. The van der Waals surface area contributed by atoms with Crippen molar-refractivity contribution in [2.45, 2.75) is 32.2 Å². The summed E-state index contributed by atoms with van der Waals surface area (Å²) in [7, 11) is 0. The van der Waals surface area contributed by atoms with E-state index in [1.54, 1.807) is 5.57 Å². The lowest BCUT2D eigenvalue weighted by Crippen LogP contribution is -2.32. The van der Waals surface area contributed by atoms with E-state index >= 15 is 0 Å². The van der Waals surface area contributed by atoms with Crippen LogP contribution in [0.2, 0.25) is 0 Å². The maximum Gasteiger partial charge on any atom is 0.0167 e. The van der Waals surface area contributed by atoms with Crippen LogP contribution >= 0.6 is 0 Å². The molecule has 11 heavy (non-hydrogen) atoms. The molecule has 1 saturated heterocycles. The third-order valence-corrected chi connectivity index (χ3v) is 2.15. The fourth-order valence-corrected chi connectivity index (χ4v) is 1.32. The van der Waals surface area contributed by atoms with Crippen molar-refractivity contribution in [1.29, 1.82) is 0 Å². The van der Waals surface area contributed by atoms with Crippen molar-refractivity contribution in [1.82, 2.24) is 5.32 Å². The molecule has 0 aromatic heterocycles.